The standard InChI is InChI=1S/C13H21N3/c1-10-9-11(2)16-13(15-10)14-8-7-12-5-3-4-6-12/h9,12H,3-8H2,1-2H3,(H,14,15,16). The molecule has 0 bridgehead atoms. The van der Waals surface area contributed by atoms with E-state index in [2.05, 4.69) is 15.3 Å². The molecule has 1 heterocycles. The minimum absolute atomic E-state index is 0.787. The van der Waals surface area contributed by atoms with E-state index in [1.807, 2.05) is 19.9 Å². The fourth-order valence-corrected chi connectivity index (χ4v) is 2.49. The molecule has 3 heteroatoms. The van der Waals surface area contributed by atoms with Crippen LogP contribution in [0.4, 0.5) is 5.95 Å². The minimum Gasteiger partial charge on any atom is -0.354 e. The fourth-order valence-electron chi connectivity index (χ4n) is 2.49. The summed E-state index contributed by atoms with van der Waals surface area (Å²) >= 11 is 0. The largest absolute Gasteiger partial charge is 0.354 e. The van der Waals surface area contributed by atoms with Crippen molar-refractivity contribution in [1.82, 2.24) is 9.97 Å². The van der Waals surface area contributed by atoms with Crippen LogP contribution in [-0.2, 0) is 0 Å². The van der Waals surface area contributed by atoms with Gasteiger partial charge in [0.05, 0.1) is 0 Å². The summed E-state index contributed by atoms with van der Waals surface area (Å²) in [6, 6.07) is 2.00. The van der Waals surface area contributed by atoms with Crippen molar-refractivity contribution >= 4 is 5.95 Å². The van der Waals surface area contributed by atoms with Crippen LogP contribution in [0.1, 0.15) is 43.5 Å². The van der Waals surface area contributed by atoms with Crippen LogP contribution in [0.2, 0.25) is 0 Å². The first-order valence-electron chi connectivity index (χ1n) is 6.30. The van der Waals surface area contributed by atoms with E-state index in [0.717, 1.165) is 29.8 Å². The maximum absolute atomic E-state index is 4.38. The van der Waals surface area contributed by atoms with Gasteiger partial charge in [-0.25, -0.2) is 9.97 Å². The molecule has 1 aromatic rings. The number of rotatable bonds is 4. The third kappa shape index (κ3) is 3.19. The normalized spacial score (nSPS) is 16.6. The summed E-state index contributed by atoms with van der Waals surface area (Å²) in [7, 11) is 0. The Kier molecular flexibility index (Phi) is 3.75. The first kappa shape index (κ1) is 11.4. The van der Waals surface area contributed by atoms with Crippen LogP contribution in [0.3, 0.4) is 0 Å². The van der Waals surface area contributed by atoms with Crippen molar-refractivity contribution in [2.45, 2.75) is 46.0 Å². The predicted molar refractivity (Wildman–Crippen MR) is 66.6 cm³/mol. The van der Waals surface area contributed by atoms with E-state index in [-0.39, 0.29) is 0 Å². The first-order chi connectivity index (χ1) is 7.74. The molecule has 0 aromatic carbocycles. The van der Waals surface area contributed by atoms with E-state index < -0.39 is 0 Å². The molecule has 1 fully saturated rings. The molecule has 0 amide bonds. The Bertz CT molecular complexity index is 323. The zero-order chi connectivity index (χ0) is 11.4. The Morgan fingerprint density at radius 3 is 2.44 bits per heavy atom. The van der Waals surface area contributed by atoms with Crippen LogP contribution in [0.5, 0.6) is 0 Å². The van der Waals surface area contributed by atoms with Crippen molar-refractivity contribution in [2.75, 3.05) is 11.9 Å². The molecule has 1 aliphatic carbocycles. The van der Waals surface area contributed by atoms with Crippen LogP contribution < -0.4 is 5.32 Å². The van der Waals surface area contributed by atoms with Gasteiger partial charge in [-0.2, -0.15) is 0 Å². The van der Waals surface area contributed by atoms with Crippen molar-refractivity contribution < 1.29 is 0 Å². The van der Waals surface area contributed by atoms with Crippen LogP contribution in [-0.4, -0.2) is 16.5 Å². The van der Waals surface area contributed by atoms with Gasteiger partial charge in [0.1, 0.15) is 0 Å². The molecule has 0 atom stereocenters. The second-order valence-corrected chi connectivity index (χ2v) is 4.84. The lowest BCUT2D eigenvalue weighted by molar-refractivity contribution is 0.518. The lowest BCUT2D eigenvalue weighted by Gasteiger charge is -2.10. The molecule has 16 heavy (non-hydrogen) atoms. The molecule has 0 saturated heterocycles. The van der Waals surface area contributed by atoms with Crippen molar-refractivity contribution in [3.05, 3.63) is 17.5 Å². The van der Waals surface area contributed by atoms with Crippen molar-refractivity contribution in [3.63, 3.8) is 0 Å². The third-order valence-corrected chi connectivity index (χ3v) is 3.29. The second-order valence-electron chi connectivity index (χ2n) is 4.84. The van der Waals surface area contributed by atoms with Gasteiger partial charge in [0.25, 0.3) is 0 Å². The molecule has 1 aromatic heterocycles. The maximum Gasteiger partial charge on any atom is 0.223 e. The monoisotopic (exact) mass is 219 g/mol. The van der Waals surface area contributed by atoms with Gasteiger partial charge in [-0.05, 0) is 32.3 Å². The summed E-state index contributed by atoms with van der Waals surface area (Å²) in [6.07, 6.45) is 6.93. The summed E-state index contributed by atoms with van der Waals surface area (Å²) < 4.78 is 0. The van der Waals surface area contributed by atoms with E-state index in [4.69, 9.17) is 0 Å². The molecule has 0 spiro atoms. The number of aromatic nitrogens is 2. The summed E-state index contributed by atoms with van der Waals surface area (Å²) in [5, 5.41) is 3.33. The van der Waals surface area contributed by atoms with Gasteiger partial charge in [-0.3, -0.25) is 0 Å². The molecule has 2 rings (SSSR count). The van der Waals surface area contributed by atoms with Gasteiger partial charge in [0.15, 0.2) is 0 Å². The highest BCUT2D eigenvalue weighted by molar-refractivity contribution is 5.27. The lowest BCUT2D eigenvalue weighted by atomic mass is 10.0. The van der Waals surface area contributed by atoms with Gasteiger partial charge >= 0.3 is 0 Å². The Hall–Kier alpha value is -1.12. The van der Waals surface area contributed by atoms with Gasteiger partial charge in [-0.15, -0.1) is 0 Å². The lowest BCUT2D eigenvalue weighted by Crippen LogP contribution is -2.10. The molecule has 1 N–H and O–H groups in total. The highest BCUT2D eigenvalue weighted by atomic mass is 15.1. The molecular weight excluding hydrogens is 198 g/mol. The number of aryl methyl sites for hydroxylation is 2. The SMILES string of the molecule is Cc1cc(C)nc(NCCC2CCCC2)n1. The topological polar surface area (TPSA) is 37.8 Å². The van der Waals surface area contributed by atoms with Gasteiger partial charge in [0.2, 0.25) is 5.95 Å². The maximum atomic E-state index is 4.38. The van der Waals surface area contributed by atoms with Crippen molar-refractivity contribution in [2.24, 2.45) is 5.92 Å². The molecule has 1 aliphatic rings. The van der Waals surface area contributed by atoms with E-state index in [1.54, 1.807) is 0 Å². The number of hydrogen-bond donors (Lipinski definition) is 1. The Morgan fingerprint density at radius 1 is 1.19 bits per heavy atom. The van der Waals surface area contributed by atoms with E-state index in [1.165, 1.54) is 32.1 Å². The van der Waals surface area contributed by atoms with Crippen LogP contribution in [0.15, 0.2) is 6.07 Å². The van der Waals surface area contributed by atoms with Gasteiger partial charge in [-0.1, -0.05) is 25.7 Å². The van der Waals surface area contributed by atoms with Crippen molar-refractivity contribution in [3.8, 4) is 0 Å². The quantitative estimate of drug-likeness (QED) is 0.845. The Balaban J connectivity index is 1.80. The van der Waals surface area contributed by atoms with Gasteiger partial charge < -0.3 is 5.32 Å². The smallest absolute Gasteiger partial charge is 0.223 e. The number of nitrogens with zero attached hydrogens (tertiary/aromatic N) is 2. The van der Waals surface area contributed by atoms with Crippen LogP contribution in [0, 0.1) is 19.8 Å². The molecule has 1 saturated carbocycles. The second kappa shape index (κ2) is 5.28. The van der Waals surface area contributed by atoms with E-state index in [0.29, 0.717) is 0 Å². The highest BCUT2D eigenvalue weighted by Gasteiger charge is 2.14. The molecule has 0 radical (unpaired) electrons. The molecule has 0 aliphatic heterocycles. The fraction of sp³-hybridized carbons (Fsp3) is 0.692. The third-order valence-electron chi connectivity index (χ3n) is 3.29. The molecule has 3 nitrogen and oxygen atoms in total. The Labute approximate surface area is 97.7 Å². The van der Waals surface area contributed by atoms with E-state index >= 15 is 0 Å². The summed E-state index contributed by atoms with van der Waals surface area (Å²) in [5.41, 5.74) is 2.08. The van der Waals surface area contributed by atoms with Gasteiger partial charge in [0, 0.05) is 17.9 Å². The van der Waals surface area contributed by atoms with Crippen LogP contribution in [0.25, 0.3) is 0 Å². The average molecular weight is 219 g/mol. The summed E-state index contributed by atoms with van der Waals surface area (Å²) in [6.45, 7) is 5.03. The van der Waals surface area contributed by atoms with Crippen molar-refractivity contribution in [1.29, 1.82) is 0 Å². The Morgan fingerprint density at radius 2 is 1.81 bits per heavy atom. The summed E-state index contributed by atoms with van der Waals surface area (Å²) in [4.78, 5) is 8.75. The minimum atomic E-state index is 0.787. The number of nitrogens with one attached hydrogen (secondary N) is 1. The first-order valence-corrected chi connectivity index (χ1v) is 6.30. The zero-order valence-electron chi connectivity index (χ0n) is 10.3. The highest BCUT2D eigenvalue weighted by Crippen LogP contribution is 2.27. The average Bonchev–Trinajstić information content (AvgIpc) is 2.69. The number of anilines is 1. The molecule has 88 valence electrons. The van der Waals surface area contributed by atoms with E-state index in [9.17, 15) is 0 Å². The zero-order valence-corrected chi connectivity index (χ0v) is 10.3. The molecule has 0 unspecified atom stereocenters. The predicted octanol–water partition coefficient (Wildman–Crippen LogP) is 3.09. The van der Waals surface area contributed by atoms with Crippen LogP contribution >= 0.6 is 0 Å². The number of hydrogen-bond acceptors (Lipinski definition) is 3. The summed E-state index contributed by atoms with van der Waals surface area (Å²) in [5.74, 6) is 1.72. The molecular formula is C13H21N3.